The van der Waals surface area contributed by atoms with Gasteiger partial charge in [-0.3, -0.25) is 15.5 Å². The van der Waals surface area contributed by atoms with Gasteiger partial charge in [-0.1, -0.05) is 24.3 Å². The zero-order chi connectivity index (χ0) is 15.5. The van der Waals surface area contributed by atoms with E-state index in [0.717, 1.165) is 6.42 Å². The summed E-state index contributed by atoms with van der Waals surface area (Å²) in [6.07, 6.45) is 8.21. The minimum atomic E-state index is -0.431. The SMILES string of the molecule is O=[N+]([O-])c1ccccc1/C=N\NC(=S)NC1CC2C=CC1C2. The van der Waals surface area contributed by atoms with E-state index in [0.29, 0.717) is 28.6 Å². The molecule has 1 aromatic rings. The lowest BCUT2D eigenvalue weighted by molar-refractivity contribution is -0.385. The highest BCUT2D eigenvalue weighted by Gasteiger charge is 2.35. The standard InChI is InChI=1S/C15H16N4O2S/c20-19(21)14-4-2-1-3-12(14)9-16-18-15(22)17-13-8-10-5-6-11(13)7-10/h1-6,9-11,13H,7-8H2,(H2,17,18,22)/b16-9-. The molecule has 0 aromatic heterocycles. The number of nitro benzene ring substituents is 1. The first-order valence-electron chi connectivity index (χ1n) is 7.15. The topological polar surface area (TPSA) is 79.6 Å². The smallest absolute Gasteiger partial charge is 0.278 e. The largest absolute Gasteiger partial charge is 0.358 e. The Morgan fingerprint density at radius 2 is 2.18 bits per heavy atom. The molecular weight excluding hydrogens is 300 g/mol. The third-order valence-electron chi connectivity index (χ3n) is 4.10. The predicted molar refractivity (Wildman–Crippen MR) is 88.7 cm³/mol. The highest BCUT2D eigenvalue weighted by atomic mass is 32.1. The molecule has 0 spiro atoms. The fraction of sp³-hybridized carbons (Fsp3) is 0.333. The molecule has 2 aliphatic rings. The number of rotatable bonds is 4. The lowest BCUT2D eigenvalue weighted by Crippen LogP contribution is -2.42. The Hall–Kier alpha value is -2.28. The van der Waals surface area contributed by atoms with E-state index in [1.165, 1.54) is 18.7 Å². The van der Waals surface area contributed by atoms with Crippen LogP contribution < -0.4 is 10.7 Å². The van der Waals surface area contributed by atoms with Crippen molar-refractivity contribution in [2.24, 2.45) is 16.9 Å². The molecule has 2 bridgehead atoms. The van der Waals surface area contributed by atoms with Crippen LogP contribution in [0.1, 0.15) is 18.4 Å². The van der Waals surface area contributed by atoms with Crippen LogP contribution in [0.3, 0.4) is 0 Å². The van der Waals surface area contributed by atoms with Gasteiger partial charge in [0.25, 0.3) is 5.69 Å². The third kappa shape index (κ3) is 3.14. The van der Waals surface area contributed by atoms with Gasteiger partial charge in [-0.25, -0.2) is 0 Å². The van der Waals surface area contributed by atoms with E-state index < -0.39 is 4.92 Å². The van der Waals surface area contributed by atoms with E-state index in [1.54, 1.807) is 18.2 Å². The monoisotopic (exact) mass is 316 g/mol. The molecule has 0 amide bonds. The summed E-state index contributed by atoms with van der Waals surface area (Å²) in [6, 6.07) is 6.79. The molecule has 1 aromatic carbocycles. The van der Waals surface area contributed by atoms with Gasteiger partial charge in [0, 0.05) is 12.1 Å². The minimum absolute atomic E-state index is 0.0187. The minimum Gasteiger partial charge on any atom is -0.358 e. The molecule has 1 fully saturated rings. The van der Waals surface area contributed by atoms with E-state index in [4.69, 9.17) is 12.2 Å². The van der Waals surface area contributed by atoms with Crippen LogP contribution in [0, 0.1) is 22.0 Å². The summed E-state index contributed by atoms with van der Waals surface area (Å²) in [4.78, 5) is 10.5. The Balaban J connectivity index is 1.55. The number of thiocarbonyl (C=S) groups is 1. The first-order valence-corrected chi connectivity index (χ1v) is 7.55. The quantitative estimate of drug-likeness (QED) is 0.293. The van der Waals surface area contributed by atoms with Crippen LogP contribution in [0.25, 0.3) is 0 Å². The first-order chi connectivity index (χ1) is 10.6. The van der Waals surface area contributed by atoms with Crippen molar-refractivity contribution < 1.29 is 4.92 Å². The second-order valence-corrected chi connectivity index (χ2v) is 5.95. The molecule has 2 N–H and O–H groups in total. The molecule has 22 heavy (non-hydrogen) atoms. The van der Waals surface area contributed by atoms with Gasteiger partial charge in [0.15, 0.2) is 5.11 Å². The van der Waals surface area contributed by atoms with Crippen molar-refractivity contribution in [1.29, 1.82) is 0 Å². The van der Waals surface area contributed by atoms with Crippen molar-refractivity contribution in [3.05, 3.63) is 52.1 Å². The van der Waals surface area contributed by atoms with Crippen LogP contribution in [0.2, 0.25) is 0 Å². The molecule has 0 radical (unpaired) electrons. The van der Waals surface area contributed by atoms with E-state index in [9.17, 15) is 10.1 Å². The van der Waals surface area contributed by atoms with Crippen molar-refractivity contribution in [2.45, 2.75) is 18.9 Å². The summed E-state index contributed by atoms with van der Waals surface area (Å²) < 4.78 is 0. The fourth-order valence-corrected chi connectivity index (χ4v) is 3.27. The number of allylic oxidation sites excluding steroid dienone is 1. The molecule has 6 nitrogen and oxygen atoms in total. The lowest BCUT2D eigenvalue weighted by atomic mass is 10.0. The van der Waals surface area contributed by atoms with Crippen molar-refractivity contribution in [1.82, 2.24) is 10.7 Å². The first kappa shape index (κ1) is 14.6. The number of hydrazone groups is 1. The van der Waals surface area contributed by atoms with Gasteiger partial charge in [0.05, 0.1) is 16.7 Å². The number of fused-ring (bicyclic) bond motifs is 2. The van der Waals surface area contributed by atoms with Gasteiger partial charge in [-0.15, -0.1) is 0 Å². The Morgan fingerprint density at radius 3 is 2.86 bits per heavy atom. The highest BCUT2D eigenvalue weighted by molar-refractivity contribution is 7.80. The number of nitrogens with zero attached hydrogens (tertiary/aromatic N) is 2. The fourth-order valence-electron chi connectivity index (χ4n) is 3.07. The zero-order valence-corrected chi connectivity index (χ0v) is 12.6. The molecule has 3 unspecified atom stereocenters. The van der Waals surface area contributed by atoms with Crippen molar-refractivity contribution in [2.75, 3.05) is 0 Å². The van der Waals surface area contributed by atoms with Crippen LogP contribution in [0.15, 0.2) is 41.5 Å². The summed E-state index contributed by atoms with van der Waals surface area (Å²) in [5, 5.41) is 18.6. The predicted octanol–water partition coefficient (Wildman–Crippen LogP) is 2.36. The van der Waals surface area contributed by atoms with Gasteiger partial charge < -0.3 is 5.32 Å². The second kappa shape index (κ2) is 6.23. The zero-order valence-electron chi connectivity index (χ0n) is 11.8. The van der Waals surface area contributed by atoms with Crippen LogP contribution in [0.4, 0.5) is 5.69 Å². The average Bonchev–Trinajstić information content (AvgIpc) is 3.10. The number of hydrogen-bond acceptors (Lipinski definition) is 4. The number of nitro groups is 1. The molecule has 1 saturated carbocycles. The molecule has 0 aliphatic heterocycles. The Labute approximate surface area is 133 Å². The Bertz CT molecular complexity index is 659. The molecule has 3 rings (SSSR count). The van der Waals surface area contributed by atoms with Crippen molar-refractivity contribution in [3.63, 3.8) is 0 Å². The molecule has 114 valence electrons. The summed E-state index contributed by atoms with van der Waals surface area (Å²) >= 11 is 5.21. The maximum atomic E-state index is 10.9. The maximum absolute atomic E-state index is 10.9. The summed E-state index contributed by atoms with van der Waals surface area (Å²) in [5.41, 5.74) is 3.18. The summed E-state index contributed by atoms with van der Waals surface area (Å²) in [7, 11) is 0. The number of hydrogen-bond donors (Lipinski definition) is 2. The average molecular weight is 316 g/mol. The van der Waals surface area contributed by atoms with Crippen LogP contribution >= 0.6 is 12.2 Å². The second-order valence-electron chi connectivity index (χ2n) is 5.55. The van der Waals surface area contributed by atoms with Gasteiger partial charge in [-0.05, 0) is 43.0 Å². The van der Waals surface area contributed by atoms with Crippen molar-refractivity contribution in [3.8, 4) is 0 Å². The van der Waals surface area contributed by atoms with E-state index in [2.05, 4.69) is 28.0 Å². The molecule has 0 heterocycles. The molecule has 7 heteroatoms. The highest BCUT2D eigenvalue weighted by Crippen LogP contribution is 2.38. The van der Waals surface area contributed by atoms with Gasteiger partial charge in [0.2, 0.25) is 0 Å². The van der Waals surface area contributed by atoms with Crippen LogP contribution in [-0.2, 0) is 0 Å². The number of nitrogens with one attached hydrogen (secondary N) is 2. The van der Waals surface area contributed by atoms with Crippen LogP contribution in [0.5, 0.6) is 0 Å². The van der Waals surface area contributed by atoms with Crippen molar-refractivity contribution >= 4 is 29.2 Å². The van der Waals surface area contributed by atoms with Gasteiger partial charge in [-0.2, -0.15) is 5.10 Å². The van der Waals surface area contributed by atoms with E-state index >= 15 is 0 Å². The molecular formula is C15H16N4O2S. The normalized spacial score (nSPS) is 25.5. The number of para-hydroxylation sites is 1. The van der Waals surface area contributed by atoms with E-state index in [1.807, 2.05) is 0 Å². The van der Waals surface area contributed by atoms with E-state index in [-0.39, 0.29) is 5.69 Å². The van der Waals surface area contributed by atoms with Gasteiger partial charge >= 0.3 is 0 Å². The summed E-state index contributed by atoms with van der Waals surface area (Å²) in [6.45, 7) is 0. The Kier molecular flexibility index (Phi) is 4.15. The molecule has 0 saturated heterocycles. The summed E-state index contributed by atoms with van der Waals surface area (Å²) in [5.74, 6) is 1.21. The molecule has 2 aliphatic carbocycles. The molecule has 3 atom stereocenters. The van der Waals surface area contributed by atoms with Gasteiger partial charge in [0.1, 0.15) is 0 Å². The number of benzene rings is 1. The third-order valence-corrected chi connectivity index (χ3v) is 4.31. The van der Waals surface area contributed by atoms with Crippen LogP contribution in [-0.4, -0.2) is 22.3 Å². The maximum Gasteiger partial charge on any atom is 0.278 e. The Morgan fingerprint density at radius 1 is 1.36 bits per heavy atom. The lowest BCUT2D eigenvalue weighted by Gasteiger charge is -2.20.